The third-order valence-electron chi connectivity index (χ3n) is 2.82. The van der Waals surface area contributed by atoms with Gasteiger partial charge in [-0.05, 0) is 36.5 Å². The molecule has 0 radical (unpaired) electrons. The van der Waals surface area contributed by atoms with Gasteiger partial charge in [0, 0.05) is 13.5 Å². The topological polar surface area (TPSA) is 77.8 Å². The second-order valence-corrected chi connectivity index (χ2v) is 4.31. The van der Waals surface area contributed by atoms with Crippen LogP contribution in [-0.4, -0.2) is 28.4 Å². The summed E-state index contributed by atoms with van der Waals surface area (Å²) in [5.41, 5.74) is 1.91. The molecule has 108 valence electrons. The molecule has 0 spiro atoms. The Hall–Kier alpha value is -1.55. The van der Waals surface area contributed by atoms with Gasteiger partial charge in [0.05, 0.1) is 0 Å². The second-order valence-electron chi connectivity index (χ2n) is 4.31. The number of rotatable bonds is 7. The summed E-state index contributed by atoms with van der Waals surface area (Å²) in [6.45, 7) is 2.14. The fourth-order valence-electron chi connectivity index (χ4n) is 1.81. The van der Waals surface area contributed by atoms with Crippen molar-refractivity contribution < 1.29 is 20.1 Å². The van der Waals surface area contributed by atoms with Gasteiger partial charge in [-0.3, -0.25) is 4.79 Å². The molecular weight excluding hydrogens is 244 g/mol. The summed E-state index contributed by atoms with van der Waals surface area (Å²) in [6.07, 6.45) is 4.89. The van der Waals surface area contributed by atoms with E-state index >= 15 is 0 Å². The van der Waals surface area contributed by atoms with E-state index in [-0.39, 0.29) is 6.42 Å². The van der Waals surface area contributed by atoms with E-state index < -0.39 is 5.97 Å². The lowest BCUT2D eigenvalue weighted by Gasteiger charge is -2.07. The predicted molar refractivity (Wildman–Crippen MR) is 75.4 cm³/mol. The van der Waals surface area contributed by atoms with Gasteiger partial charge in [0.2, 0.25) is 0 Å². The van der Waals surface area contributed by atoms with Crippen LogP contribution in [0.1, 0.15) is 43.7 Å². The summed E-state index contributed by atoms with van der Waals surface area (Å²) in [5, 5.41) is 25.3. The van der Waals surface area contributed by atoms with Crippen LogP contribution >= 0.6 is 0 Å². The number of aliphatic hydroxyl groups is 1. The van der Waals surface area contributed by atoms with Crippen molar-refractivity contribution in [3.05, 3.63) is 29.3 Å². The number of phenolic OH excluding ortho intramolecular Hbond substituents is 1. The molecule has 1 aromatic rings. The first-order chi connectivity index (χ1) is 9.13. The van der Waals surface area contributed by atoms with E-state index in [0.717, 1.165) is 43.9 Å². The third-order valence-corrected chi connectivity index (χ3v) is 2.82. The Bertz CT molecular complexity index is 374. The molecule has 19 heavy (non-hydrogen) atoms. The van der Waals surface area contributed by atoms with Gasteiger partial charge in [0.15, 0.2) is 0 Å². The molecule has 0 amide bonds. The monoisotopic (exact) mass is 268 g/mol. The molecule has 0 fully saturated rings. The minimum atomic E-state index is -0.786. The molecule has 0 heterocycles. The van der Waals surface area contributed by atoms with Gasteiger partial charge in [-0.2, -0.15) is 0 Å². The first-order valence-corrected chi connectivity index (χ1v) is 6.60. The molecule has 0 atom stereocenters. The van der Waals surface area contributed by atoms with E-state index in [9.17, 15) is 9.90 Å². The van der Waals surface area contributed by atoms with Crippen LogP contribution in [-0.2, 0) is 17.6 Å². The highest BCUT2D eigenvalue weighted by molar-refractivity contribution is 5.67. The molecule has 0 aliphatic rings. The first kappa shape index (κ1) is 17.4. The zero-order valence-corrected chi connectivity index (χ0v) is 11.7. The number of carbonyl (C=O) groups is 1. The van der Waals surface area contributed by atoms with E-state index in [1.54, 1.807) is 12.1 Å². The van der Waals surface area contributed by atoms with Gasteiger partial charge in [-0.25, -0.2) is 0 Å². The molecule has 0 aliphatic carbocycles. The maximum Gasteiger partial charge on any atom is 0.303 e. The molecule has 0 aliphatic heterocycles. The smallest absolute Gasteiger partial charge is 0.303 e. The standard InChI is InChI=1S/C14H20O3.CH4O/c1-2-3-4-5-12-10-11(6-8-13(12)15)7-9-14(16)17;1-2/h6,8,10,15H,2-5,7,9H2,1H3,(H,16,17);2H,1H3. The van der Waals surface area contributed by atoms with Gasteiger partial charge in [-0.15, -0.1) is 0 Å². The molecule has 0 saturated carbocycles. The van der Waals surface area contributed by atoms with Crippen molar-refractivity contribution in [2.75, 3.05) is 7.11 Å². The summed E-state index contributed by atoms with van der Waals surface area (Å²) in [7, 11) is 1.00. The molecule has 1 aromatic carbocycles. The van der Waals surface area contributed by atoms with Crippen LogP contribution in [0.5, 0.6) is 5.75 Å². The lowest BCUT2D eigenvalue weighted by Crippen LogP contribution is -1.98. The number of carboxylic acids is 1. The molecule has 4 heteroatoms. The molecule has 4 nitrogen and oxygen atoms in total. The summed E-state index contributed by atoms with van der Waals surface area (Å²) >= 11 is 0. The minimum Gasteiger partial charge on any atom is -0.508 e. The van der Waals surface area contributed by atoms with E-state index in [0.29, 0.717) is 12.2 Å². The van der Waals surface area contributed by atoms with Crippen molar-refractivity contribution >= 4 is 5.97 Å². The minimum absolute atomic E-state index is 0.138. The molecular formula is C15H24O4. The van der Waals surface area contributed by atoms with Crippen LogP contribution < -0.4 is 0 Å². The summed E-state index contributed by atoms with van der Waals surface area (Å²) in [6, 6.07) is 5.38. The summed E-state index contributed by atoms with van der Waals surface area (Å²) in [4.78, 5) is 10.5. The van der Waals surface area contributed by atoms with Crippen molar-refractivity contribution in [1.29, 1.82) is 0 Å². The quantitative estimate of drug-likeness (QED) is 0.664. The average Bonchev–Trinajstić information content (AvgIpc) is 2.42. The van der Waals surface area contributed by atoms with Crippen molar-refractivity contribution in [2.45, 2.75) is 45.4 Å². The first-order valence-electron chi connectivity index (χ1n) is 6.60. The van der Waals surface area contributed by atoms with Crippen molar-refractivity contribution in [3.63, 3.8) is 0 Å². The van der Waals surface area contributed by atoms with Crippen molar-refractivity contribution in [1.82, 2.24) is 0 Å². The number of phenols is 1. The number of unbranched alkanes of at least 4 members (excludes halogenated alkanes) is 2. The predicted octanol–water partition coefficient (Wildman–Crippen LogP) is 2.75. The van der Waals surface area contributed by atoms with Crippen LogP contribution in [0.4, 0.5) is 0 Å². The number of aliphatic hydroxyl groups excluding tert-OH is 1. The number of carboxylic acid groups (broad SMARTS) is 1. The number of hydrogen-bond donors (Lipinski definition) is 3. The SMILES string of the molecule is CCCCCc1cc(CCC(=O)O)ccc1O.CO. The van der Waals surface area contributed by atoms with Crippen LogP contribution in [0.2, 0.25) is 0 Å². The molecule has 1 rings (SSSR count). The number of aromatic hydroxyl groups is 1. The van der Waals surface area contributed by atoms with E-state index in [1.807, 2.05) is 6.07 Å². The molecule has 3 N–H and O–H groups in total. The van der Waals surface area contributed by atoms with Gasteiger partial charge < -0.3 is 15.3 Å². The number of benzene rings is 1. The van der Waals surface area contributed by atoms with Crippen molar-refractivity contribution in [3.8, 4) is 5.75 Å². The normalized spacial score (nSPS) is 9.63. The third kappa shape index (κ3) is 7.47. The lowest BCUT2D eigenvalue weighted by atomic mass is 10.0. The zero-order valence-electron chi connectivity index (χ0n) is 11.7. The Labute approximate surface area is 114 Å². The van der Waals surface area contributed by atoms with Crippen LogP contribution in [0.3, 0.4) is 0 Å². The largest absolute Gasteiger partial charge is 0.508 e. The molecule has 0 aromatic heterocycles. The van der Waals surface area contributed by atoms with Gasteiger partial charge >= 0.3 is 5.97 Å². The van der Waals surface area contributed by atoms with Crippen LogP contribution in [0.25, 0.3) is 0 Å². The number of aryl methyl sites for hydroxylation is 2. The van der Waals surface area contributed by atoms with Gasteiger partial charge in [0.1, 0.15) is 5.75 Å². The Morgan fingerprint density at radius 2 is 1.84 bits per heavy atom. The highest BCUT2D eigenvalue weighted by atomic mass is 16.4. The summed E-state index contributed by atoms with van der Waals surface area (Å²) in [5.74, 6) is -0.467. The molecule has 0 bridgehead atoms. The fraction of sp³-hybridized carbons (Fsp3) is 0.533. The maximum absolute atomic E-state index is 10.5. The Balaban J connectivity index is 0.00000154. The average molecular weight is 268 g/mol. The lowest BCUT2D eigenvalue weighted by molar-refractivity contribution is -0.136. The van der Waals surface area contributed by atoms with E-state index in [1.165, 1.54) is 0 Å². The number of hydrogen-bond acceptors (Lipinski definition) is 3. The molecule has 0 unspecified atom stereocenters. The van der Waals surface area contributed by atoms with Gasteiger partial charge in [0.25, 0.3) is 0 Å². The van der Waals surface area contributed by atoms with E-state index in [4.69, 9.17) is 10.2 Å². The maximum atomic E-state index is 10.5. The van der Waals surface area contributed by atoms with Crippen molar-refractivity contribution in [2.24, 2.45) is 0 Å². The molecule has 0 saturated heterocycles. The second kappa shape index (κ2) is 10.4. The highest BCUT2D eigenvalue weighted by Crippen LogP contribution is 2.21. The van der Waals surface area contributed by atoms with E-state index in [2.05, 4.69) is 6.92 Å². The Morgan fingerprint density at radius 1 is 1.16 bits per heavy atom. The van der Waals surface area contributed by atoms with Crippen LogP contribution in [0, 0.1) is 0 Å². The van der Waals surface area contributed by atoms with Crippen LogP contribution in [0.15, 0.2) is 18.2 Å². The highest BCUT2D eigenvalue weighted by Gasteiger charge is 2.04. The fourth-order valence-corrected chi connectivity index (χ4v) is 1.81. The number of aliphatic carboxylic acids is 1. The Kier molecular flexibility index (Phi) is 9.53. The van der Waals surface area contributed by atoms with Gasteiger partial charge in [-0.1, -0.05) is 31.9 Å². The summed E-state index contributed by atoms with van der Waals surface area (Å²) < 4.78 is 0. The Morgan fingerprint density at radius 3 is 2.42 bits per heavy atom. The zero-order chi connectivity index (χ0) is 14.7.